The number of rotatable bonds is 6. The molecule has 0 atom stereocenters. The van der Waals surface area contributed by atoms with Gasteiger partial charge in [-0.2, -0.15) is 0 Å². The fourth-order valence-corrected chi connectivity index (χ4v) is 3.16. The number of hydrogen-bond donors (Lipinski definition) is 0. The first kappa shape index (κ1) is 17.1. The van der Waals surface area contributed by atoms with Crippen molar-refractivity contribution in [1.29, 1.82) is 0 Å². The SMILES string of the molecule is CCCCC1(CF)C(=O)N(c2ccccc2)N(c2ccccc2)C1=O. The van der Waals surface area contributed by atoms with E-state index in [0.29, 0.717) is 17.8 Å². The minimum absolute atomic E-state index is 0.213. The van der Waals surface area contributed by atoms with Crippen molar-refractivity contribution in [2.24, 2.45) is 5.41 Å². The number of alkyl halides is 1. The van der Waals surface area contributed by atoms with Gasteiger partial charge in [0.2, 0.25) is 0 Å². The lowest BCUT2D eigenvalue weighted by Gasteiger charge is -2.27. The third-order valence-corrected chi connectivity index (χ3v) is 4.59. The molecule has 1 fully saturated rings. The molecular formula is C20H21FN2O2. The van der Waals surface area contributed by atoms with Crippen molar-refractivity contribution < 1.29 is 14.0 Å². The van der Waals surface area contributed by atoms with Crippen LogP contribution < -0.4 is 10.0 Å². The van der Waals surface area contributed by atoms with Crippen LogP contribution in [0.2, 0.25) is 0 Å². The van der Waals surface area contributed by atoms with E-state index in [9.17, 15) is 14.0 Å². The summed E-state index contributed by atoms with van der Waals surface area (Å²) in [6.07, 6.45) is 1.62. The summed E-state index contributed by atoms with van der Waals surface area (Å²) in [5.41, 5.74) is -0.533. The molecule has 0 N–H and O–H groups in total. The van der Waals surface area contributed by atoms with Crippen molar-refractivity contribution in [3.8, 4) is 0 Å². The Hall–Kier alpha value is -2.69. The summed E-state index contributed by atoms with van der Waals surface area (Å²) in [5.74, 6) is -0.994. The topological polar surface area (TPSA) is 40.6 Å². The molecule has 2 amide bonds. The summed E-state index contributed by atoms with van der Waals surface area (Å²) in [5, 5.41) is 2.62. The van der Waals surface area contributed by atoms with Gasteiger partial charge in [-0.05, 0) is 30.7 Å². The van der Waals surface area contributed by atoms with Gasteiger partial charge in [-0.25, -0.2) is 14.4 Å². The van der Waals surface area contributed by atoms with Crippen molar-refractivity contribution in [3.63, 3.8) is 0 Å². The standard InChI is InChI=1S/C20H21FN2O2/c1-2-3-14-20(15-21)18(24)22(16-10-6-4-7-11-16)23(19(20)25)17-12-8-5-9-13-17/h4-13H,2-3,14-15H2,1H3. The molecule has 25 heavy (non-hydrogen) atoms. The van der Waals surface area contributed by atoms with E-state index < -0.39 is 23.9 Å². The van der Waals surface area contributed by atoms with Gasteiger partial charge in [0, 0.05) is 0 Å². The highest BCUT2D eigenvalue weighted by Crippen LogP contribution is 2.41. The van der Waals surface area contributed by atoms with Gasteiger partial charge in [0.1, 0.15) is 6.67 Å². The van der Waals surface area contributed by atoms with E-state index in [-0.39, 0.29) is 6.42 Å². The lowest BCUT2D eigenvalue weighted by atomic mass is 9.83. The van der Waals surface area contributed by atoms with Crippen LogP contribution >= 0.6 is 0 Å². The highest BCUT2D eigenvalue weighted by atomic mass is 19.1. The summed E-state index contributed by atoms with van der Waals surface area (Å²) in [7, 11) is 0. The predicted molar refractivity (Wildman–Crippen MR) is 95.8 cm³/mol. The van der Waals surface area contributed by atoms with Crippen molar-refractivity contribution in [1.82, 2.24) is 0 Å². The van der Waals surface area contributed by atoms with Crippen molar-refractivity contribution in [2.45, 2.75) is 26.2 Å². The number of carbonyl (C=O) groups excluding carboxylic acids is 2. The summed E-state index contributed by atoms with van der Waals surface area (Å²) < 4.78 is 14.1. The van der Waals surface area contributed by atoms with E-state index in [1.165, 1.54) is 10.0 Å². The van der Waals surface area contributed by atoms with Crippen LogP contribution in [0.1, 0.15) is 26.2 Å². The Labute approximate surface area is 146 Å². The number of benzene rings is 2. The van der Waals surface area contributed by atoms with E-state index in [2.05, 4.69) is 0 Å². The van der Waals surface area contributed by atoms with Gasteiger partial charge in [0.05, 0.1) is 11.4 Å². The van der Waals surface area contributed by atoms with E-state index in [0.717, 1.165) is 6.42 Å². The van der Waals surface area contributed by atoms with E-state index >= 15 is 0 Å². The molecule has 2 aromatic rings. The molecule has 2 aromatic carbocycles. The first-order chi connectivity index (χ1) is 12.2. The van der Waals surface area contributed by atoms with Crippen LogP contribution in [0.5, 0.6) is 0 Å². The molecule has 0 radical (unpaired) electrons. The van der Waals surface area contributed by atoms with Gasteiger partial charge < -0.3 is 0 Å². The number of anilines is 2. The Balaban J connectivity index is 2.13. The van der Waals surface area contributed by atoms with Crippen LogP contribution in [0.25, 0.3) is 0 Å². The van der Waals surface area contributed by atoms with Gasteiger partial charge in [-0.3, -0.25) is 9.59 Å². The summed E-state index contributed by atoms with van der Waals surface area (Å²) >= 11 is 0. The van der Waals surface area contributed by atoms with Gasteiger partial charge >= 0.3 is 0 Å². The van der Waals surface area contributed by atoms with Crippen LogP contribution in [-0.4, -0.2) is 18.5 Å². The Morgan fingerprint density at radius 2 is 1.28 bits per heavy atom. The molecule has 0 aliphatic carbocycles. The molecule has 0 unspecified atom stereocenters. The monoisotopic (exact) mass is 340 g/mol. The van der Waals surface area contributed by atoms with E-state index in [4.69, 9.17) is 0 Å². The summed E-state index contributed by atoms with van der Waals surface area (Å²) in [4.78, 5) is 26.4. The maximum absolute atomic E-state index is 14.1. The van der Waals surface area contributed by atoms with Crippen LogP contribution in [0.15, 0.2) is 60.7 Å². The Bertz CT molecular complexity index is 691. The predicted octanol–water partition coefficient (Wildman–Crippen LogP) is 4.13. The normalized spacial score (nSPS) is 16.6. The molecular weight excluding hydrogens is 319 g/mol. The van der Waals surface area contributed by atoms with Crippen LogP contribution in [0.4, 0.5) is 15.8 Å². The molecule has 1 saturated heterocycles. The van der Waals surface area contributed by atoms with Crippen molar-refractivity contribution in [3.05, 3.63) is 60.7 Å². The quantitative estimate of drug-likeness (QED) is 0.742. The molecule has 130 valence electrons. The number of hydrogen-bond acceptors (Lipinski definition) is 2. The number of halogens is 1. The minimum Gasteiger partial charge on any atom is -0.271 e. The van der Waals surface area contributed by atoms with Crippen LogP contribution in [0, 0.1) is 5.41 Å². The molecule has 4 nitrogen and oxygen atoms in total. The van der Waals surface area contributed by atoms with Crippen molar-refractivity contribution in [2.75, 3.05) is 16.7 Å². The molecule has 3 rings (SSSR count). The fourth-order valence-electron chi connectivity index (χ4n) is 3.16. The molecule has 5 heteroatoms. The average molecular weight is 340 g/mol. The first-order valence-electron chi connectivity index (χ1n) is 8.51. The number of amides is 2. The second-order valence-electron chi connectivity index (χ2n) is 6.22. The van der Waals surface area contributed by atoms with E-state index in [1.54, 1.807) is 48.5 Å². The zero-order chi connectivity index (χ0) is 17.9. The number of hydrazine groups is 1. The largest absolute Gasteiger partial charge is 0.271 e. The van der Waals surface area contributed by atoms with Crippen LogP contribution in [-0.2, 0) is 9.59 Å². The number of para-hydroxylation sites is 2. The zero-order valence-electron chi connectivity index (χ0n) is 14.2. The summed E-state index contributed by atoms with van der Waals surface area (Å²) in [6.45, 7) is 0.969. The molecule has 1 heterocycles. The highest BCUT2D eigenvalue weighted by Gasteiger charge is 2.59. The first-order valence-corrected chi connectivity index (χ1v) is 8.51. The zero-order valence-corrected chi connectivity index (χ0v) is 14.2. The second kappa shape index (κ2) is 7.05. The van der Waals surface area contributed by atoms with E-state index in [1.807, 2.05) is 19.1 Å². The fraction of sp³-hybridized carbons (Fsp3) is 0.300. The average Bonchev–Trinajstić information content (AvgIpc) is 2.89. The lowest BCUT2D eigenvalue weighted by molar-refractivity contribution is -0.136. The Kier molecular flexibility index (Phi) is 4.83. The Morgan fingerprint density at radius 1 is 0.840 bits per heavy atom. The second-order valence-corrected chi connectivity index (χ2v) is 6.22. The van der Waals surface area contributed by atoms with Gasteiger partial charge in [-0.15, -0.1) is 0 Å². The number of unbranched alkanes of at least 4 members (excludes halogenated alkanes) is 1. The van der Waals surface area contributed by atoms with Gasteiger partial charge in [-0.1, -0.05) is 56.2 Å². The Morgan fingerprint density at radius 3 is 1.64 bits per heavy atom. The molecule has 0 aromatic heterocycles. The smallest absolute Gasteiger partial charge is 0.264 e. The van der Waals surface area contributed by atoms with Crippen LogP contribution in [0.3, 0.4) is 0 Å². The third-order valence-electron chi connectivity index (χ3n) is 4.59. The van der Waals surface area contributed by atoms with Gasteiger partial charge in [0.25, 0.3) is 11.8 Å². The number of nitrogens with zero attached hydrogens (tertiary/aromatic N) is 2. The minimum atomic E-state index is -1.64. The highest BCUT2D eigenvalue weighted by molar-refractivity contribution is 6.26. The lowest BCUT2D eigenvalue weighted by Crippen LogP contribution is -2.41. The number of carbonyl (C=O) groups is 2. The molecule has 0 bridgehead atoms. The maximum Gasteiger partial charge on any atom is 0.264 e. The van der Waals surface area contributed by atoms with Gasteiger partial charge in [0.15, 0.2) is 5.41 Å². The summed E-state index contributed by atoms with van der Waals surface area (Å²) in [6, 6.07) is 17.8. The maximum atomic E-state index is 14.1. The van der Waals surface area contributed by atoms with Crippen molar-refractivity contribution >= 4 is 23.2 Å². The molecule has 1 aliphatic rings. The molecule has 1 aliphatic heterocycles. The molecule has 0 saturated carbocycles. The third kappa shape index (κ3) is 2.80. The molecule has 0 spiro atoms.